The van der Waals surface area contributed by atoms with Crippen molar-refractivity contribution in [1.82, 2.24) is 5.32 Å². The van der Waals surface area contributed by atoms with E-state index in [-0.39, 0.29) is 19.0 Å². The number of rotatable bonds is 3. The molecular weight excluding hydrogens is 181 g/mol. The fourth-order valence-electron chi connectivity index (χ4n) is 1.55. The third kappa shape index (κ3) is 4.24. The highest BCUT2D eigenvalue weighted by Gasteiger charge is 2.17. The maximum Gasteiger partial charge on any atom is 0.123 e. The standard InChI is InChI=1S/C8H16FNO.ClH/c9-8(6-11)5-7-1-3-10-4-2-7;/h7-8,10-11H,1-6H2;1H. The molecule has 1 aliphatic heterocycles. The van der Waals surface area contributed by atoms with Gasteiger partial charge >= 0.3 is 0 Å². The molecule has 0 aromatic rings. The molecule has 0 spiro atoms. The van der Waals surface area contributed by atoms with Crippen LogP contribution >= 0.6 is 12.4 Å². The Morgan fingerprint density at radius 2 is 2.00 bits per heavy atom. The van der Waals surface area contributed by atoms with Gasteiger partial charge in [0.2, 0.25) is 0 Å². The highest BCUT2D eigenvalue weighted by molar-refractivity contribution is 5.85. The molecule has 0 aromatic heterocycles. The van der Waals surface area contributed by atoms with Crippen LogP contribution in [-0.2, 0) is 0 Å². The number of nitrogens with one attached hydrogen (secondary N) is 1. The van der Waals surface area contributed by atoms with Crippen molar-refractivity contribution in [2.45, 2.75) is 25.4 Å². The third-order valence-corrected chi connectivity index (χ3v) is 2.25. The van der Waals surface area contributed by atoms with E-state index in [0.717, 1.165) is 25.9 Å². The molecule has 4 heteroatoms. The summed E-state index contributed by atoms with van der Waals surface area (Å²) >= 11 is 0. The van der Waals surface area contributed by atoms with Gasteiger partial charge in [0, 0.05) is 0 Å². The topological polar surface area (TPSA) is 32.3 Å². The molecule has 0 amide bonds. The van der Waals surface area contributed by atoms with Crippen molar-refractivity contribution in [2.75, 3.05) is 19.7 Å². The summed E-state index contributed by atoms with van der Waals surface area (Å²) in [7, 11) is 0. The van der Waals surface area contributed by atoms with Crippen LogP contribution < -0.4 is 5.32 Å². The molecule has 0 saturated carbocycles. The lowest BCUT2D eigenvalue weighted by atomic mass is 9.93. The number of hydrogen-bond acceptors (Lipinski definition) is 2. The van der Waals surface area contributed by atoms with Crippen molar-refractivity contribution in [3.63, 3.8) is 0 Å². The summed E-state index contributed by atoms with van der Waals surface area (Å²) < 4.78 is 12.6. The van der Waals surface area contributed by atoms with Crippen LogP contribution in [0.5, 0.6) is 0 Å². The molecule has 1 unspecified atom stereocenters. The summed E-state index contributed by atoms with van der Waals surface area (Å²) in [6.45, 7) is 1.69. The van der Waals surface area contributed by atoms with Crippen LogP contribution in [0.25, 0.3) is 0 Å². The van der Waals surface area contributed by atoms with E-state index in [9.17, 15) is 4.39 Å². The van der Waals surface area contributed by atoms with E-state index >= 15 is 0 Å². The van der Waals surface area contributed by atoms with Gasteiger partial charge in [-0.25, -0.2) is 4.39 Å². The highest BCUT2D eigenvalue weighted by Crippen LogP contribution is 2.18. The van der Waals surface area contributed by atoms with E-state index in [1.54, 1.807) is 0 Å². The lowest BCUT2D eigenvalue weighted by Gasteiger charge is -2.23. The predicted octanol–water partition coefficient (Wildman–Crippen LogP) is 1.13. The molecule has 0 aliphatic carbocycles. The lowest BCUT2D eigenvalue weighted by molar-refractivity contribution is 0.144. The fraction of sp³-hybridized carbons (Fsp3) is 1.00. The van der Waals surface area contributed by atoms with Crippen molar-refractivity contribution in [3.8, 4) is 0 Å². The van der Waals surface area contributed by atoms with E-state index < -0.39 is 6.17 Å². The van der Waals surface area contributed by atoms with Crippen LogP contribution in [0.3, 0.4) is 0 Å². The van der Waals surface area contributed by atoms with E-state index in [1.807, 2.05) is 0 Å². The van der Waals surface area contributed by atoms with E-state index in [4.69, 9.17) is 5.11 Å². The smallest absolute Gasteiger partial charge is 0.123 e. The van der Waals surface area contributed by atoms with Crippen molar-refractivity contribution in [3.05, 3.63) is 0 Å². The minimum Gasteiger partial charge on any atom is -0.393 e. The zero-order chi connectivity index (χ0) is 8.10. The van der Waals surface area contributed by atoms with Crippen LogP contribution in [0.1, 0.15) is 19.3 Å². The largest absolute Gasteiger partial charge is 0.393 e. The minimum absolute atomic E-state index is 0. The van der Waals surface area contributed by atoms with Crippen molar-refractivity contribution >= 4 is 12.4 Å². The second-order valence-electron chi connectivity index (χ2n) is 3.21. The van der Waals surface area contributed by atoms with Crippen LogP contribution in [-0.4, -0.2) is 31.0 Å². The van der Waals surface area contributed by atoms with Crippen LogP contribution in [0.4, 0.5) is 4.39 Å². The Balaban J connectivity index is 0.00000121. The molecule has 1 rings (SSSR count). The Bertz CT molecular complexity index is 109. The number of aliphatic hydroxyl groups is 1. The lowest BCUT2D eigenvalue weighted by Crippen LogP contribution is -2.29. The molecule has 2 N–H and O–H groups in total. The van der Waals surface area contributed by atoms with Gasteiger partial charge in [0.05, 0.1) is 6.61 Å². The fourth-order valence-corrected chi connectivity index (χ4v) is 1.55. The third-order valence-electron chi connectivity index (χ3n) is 2.25. The average molecular weight is 198 g/mol. The van der Waals surface area contributed by atoms with Gasteiger partial charge in [0.25, 0.3) is 0 Å². The first-order valence-corrected chi connectivity index (χ1v) is 4.28. The maximum absolute atomic E-state index is 12.6. The molecule has 0 aromatic carbocycles. The number of piperidine rings is 1. The van der Waals surface area contributed by atoms with Crippen molar-refractivity contribution < 1.29 is 9.50 Å². The van der Waals surface area contributed by atoms with Gasteiger partial charge in [-0.3, -0.25) is 0 Å². The number of alkyl halides is 1. The van der Waals surface area contributed by atoms with Gasteiger partial charge in [-0.1, -0.05) is 0 Å². The van der Waals surface area contributed by atoms with Crippen molar-refractivity contribution in [1.29, 1.82) is 0 Å². The molecule has 1 atom stereocenters. The zero-order valence-corrected chi connectivity index (χ0v) is 7.95. The first kappa shape index (κ1) is 12.1. The zero-order valence-electron chi connectivity index (χ0n) is 7.13. The van der Waals surface area contributed by atoms with Crippen LogP contribution in [0.15, 0.2) is 0 Å². The molecule has 0 radical (unpaired) electrons. The van der Waals surface area contributed by atoms with Crippen LogP contribution in [0.2, 0.25) is 0 Å². The van der Waals surface area contributed by atoms with Gasteiger partial charge in [-0.05, 0) is 38.3 Å². The van der Waals surface area contributed by atoms with E-state index in [2.05, 4.69) is 5.32 Å². The first-order chi connectivity index (χ1) is 5.33. The number of hydrogen-bond donors (Lipinski definition) is 2. The van der Waals surface area contributed by atoms with Gasteiger partial charge < -0.3 is 10.4 Å². The molecule has 1 aliphatic rings. The molecule has 0 bridgehead atoms. The molecule has 1 saturated heterocycles. The van der Waals surface area contributed by atoms with Gasteiger partial charge in [0.1, 0.15) is 6.17 Å². The Labute approximate surface area is 79.0 Å². The molecule has 12 heavy (non-hydrogen) atoms. The molecule has 74 valence electrons. The normalized spacial score (nSPS) is 21.5. The van der Waals surface area contributed by atoms with Crippen LogP contribution in [0, 0.1) is 5.92 Å². The first-order valence-electron chi connectivity index (χ1n) is 4.28. The van der Waals surface area contributed by atoms with E-state index in [0.29, 0.717) is 12.3 Å². The summed E-state index contributed by atoms with van der Waals surface area (Å²) in [5.74, 6) is 0.485. The summed E-state index contributed by atoms with van der Waals surface area (Å²) in [6, 6.07) is 0. The predicted molar refractivity (Wildman–Crippen MR) is 49.4 cm³/mol. The summed E-state index contributed by atoms with van der Waals surface area (Å²) in [5.41, 5.74) is 0. The Morgan fingerprint density at radius 1 is 1.42 bits per heavy atom. The monoisotopic (exact) mass is 197 g/mol. The van der Waals surface area contributed by atoms with Gasteiger partial charge in [-0.2, -0.15) is 0 Å². The second kappa shape index (κ2) is 6.63. The van der Waals surface area contributed by atoms with Gasteiger partial charge in [-0.15, -0.1) is 12.4 Å². The molecule has 2 nitrogen and oxygen atoms in total. The Hall–Kier alpha value is 0.140. The van der Waals surface area contributed by atoms with Crippen molar-refractivity contribution in [2.24, 2.45) is 5.92 Å². The number of halogens is 2. The Morgan fingerprint density at radius 3 is 2.50 bits per heavy atom. The minimum atomic E-state index is -1.00. The second-order valence-corrected chi connectivity index (χ2v) is 3.21. The summed E-state index contributed by atoms with van der Waals surface area (Å²) in [4.78, 5) is 0. The Kier molecular flexibility index (Phi) is 6.71. The SMILES string of the molecule is Cl.OCC(F)CC1CCNCC1. The molecule has 1 fully saturated rings. The average Bonchev–Trinajstić information content (AvgIpc) is 2.06. The maximum atomic E-state index is 12.6. The summed E-state index contributed by atoms with van der Waals surface area (Å²) in [6.07, 6.45) is 1.65. The van der Waals surface area contributed by atoms with E-state index in [1.165, 1.54) is 0 Å². The number of aliphatic hydroxyl groups excluding tert-OH is 1. The molecule has 1 heterocycles. The summed E-state index contributed by atoms with van der Waals surface area (Å²) in [5, 5.41) is 11.7. The quantitative estimate of drug-likeness (QED) is 0.711. The highest BCUT2D eigenvalue weighted by atomic mass is 35.5. The van der Waals surface area contributed by atoms with Gasteiger partial charge in [0.15, 0.2) is 0 Å². The molecular formula is C8H17ClFNO.